The second-order valence-corrected chi connectivity index (χ2v) is 5.13. The van der Waals surface area contributed by atoms with Gasteiger partial charge in [0.05, 0.1) is 39.6 Å². The Bertz CT molecular complexity index is 432. The number of hydrogen-bond acceptors (Lipinski definition) is 5. The third-order valence-corrected chi connectivity index (χ3v) is 3.77. The number of methoxy groups -OCH3 is 2. The van der Waals surface area contributed by atoms with Crippen molar-refractivity contribution < 1.29 is 18.9 Å². The molecular formula is C16H25NO4. The van der Waals surface area contributed by atoms with Crippen LogP contribution in [-0.4, -0.2) is 47.2 Å². The first-order chi connectivity index (χ1) is 10.3. The van der Waals surface area contributed by atoms with Crippen LogP contribution < -0.4 is 14.8 Å². The number of benzene rings is 1. The van der Waals surface area contributed by atoms with Gasteiger partial charge < -0.3 is 24.3 Å². The summed E-state index contributed by atoms with van der Waals surface area (Å²) in [6.07, 6.45) is 2.49. The van der Waals surface area contributed by atoms with Gasteiger partial charge in [0.2, 0.25) is 0 Å². The maximum Gasteiger partial charge on any atom is 0.161 e. The molecule has 0 aliphatic carbocycles. The summed E-state index contributed by atoms with van der Waals surface area (Å²) in [6.45, 7) is 2.12. The summed E-state index contributed by atoms with van der Waals surface area (Å²) >= 11 is 0. The van der Waals surface area contributed by atoms with Gasteiger partial charge in [0.1, 0.15) is 0 Å². The van der Waals surface area contributed by atoms with Gasteiger partial charge in [0.15, 0.2) is 11.5 Å². The Hall–Kier alpha value is -1.30. The van der Waals surface area contributed by atoms with Crippen LogP contribution in [0.3, 0.4) is 0 Å². The Morgan fingerprint density at radius 3 is 2.71 bits per heavy atom. The Labute approximate surface area is 126 Å². The molecule has 21 heavy (non-hydrogen) atoms. The van der Waals surface area contributed by atoms with Gasteiger partial charge in [-0.3, -0.25) is 0 Å². The maximum atomic E-state index is 5.80. The molecule has 1 fully saturated rings. The molecule has 1 saturated heterocycles. The first-order valence-electron chi connectivity index (χ1n) is 7.37. The molecule has 0 spiro atoms. The van der Waals surface area contributed by atoms with Crippen LogP contribution in [0.15, 0.2) is 18.2 Å². The largest absolute Gasteiger partial charge is 0.493 e. The van der Waals surface area contributed by atoms with Crippen LogP contribution >= 0.6 is 0 Å². The molecule has 1 aromatic carbocycles. The van der Waals surface area contributed by atoms with E-state index in [9.17, 15) is 0 Å². The van der Waals surface area contributed by atoms with Crippen molar-refractivity contribution in [2.24, 2.45) is 0 Å². The van der Waals surface area contributed by atoms with E-state index in [4.69, 9.17) is 18.9 Å². The zero-order valence-electron chi connectivity index (χ0n) is 13.1. The van der Waals surface area contributed by atoms with E-state index in [2.05, 4.69) is 5.32 Å². The van der Waals surface area contributed by atoms with E-state index in [1.54, 1.807) is 14.2 Å². The highest BCUT2D eigenvalue weighted by Crippen LogP contribution is 2.30. The normalized spacial score (nSPS) is 19.5. The smallest absolute Gasteiger partial charge is 0.161 e. The highest BCUT2D eigenvalue weighted by Gasteiger charge is 2.17. The van der Waals surface area contributed by atoms with Gasteiger partial charge in [0.25, 0.3) is 0 Å². The minimum absolute atomic E-state index is 0.117. The Kier molecular flexibility index (Phi) is 6.29. The molecular weight excluding hydrogens is 270 g/mol. The molecule has 5 nitrogen and oxygen atoms in total. The molecule has 1 aliphatic heterocycles. The van der Waals surface area contributed by atoms with E-state index in [0.717, 1.165) is 36.5 Å². The van der Waals surface area contributed by atoms with Gasteiger partial charge in [-0.1, -0.05) is 6.07 Å². The predicted octanol–water partition coefficient (Wildman–Crippen LogP) is 2.16. The van der Waals surface area contributed by atoms with Crippen molar-refractivity contribution in [3.05, 3.63) is 23.8 Å². The fraction of sp³-hybridized carbons (Fsp3) is 0.625. The van der Waals surface area contributed by atoms with E-state index in [1.165, 1.54) is 0 Å². The van der Waals surface area contributed by atoms with Crippen molar-refractivity contribution in [2.75, 3.05) is 41.1 Å². The van der Waals surface area contributed by atoms with E-state index < -0.39 is 0 Å². The van der Waals surface area contributed by atoms with Crippen LogP contribution in [0.25, 0.3) is 0 Å². The third-order valence-electron chi connectivity index (χ3n) is 3.77. The molecule has 2 atom stereocenters. The number of hydrogen-bond donors (Lipinski definition) is 1. The van der Waals surface area contributed by atoms with Crippen molar-refractivity contribution in [2.45, 2.75) is 25.0 Å². The minimum atomic E-state index is 0.117. The number of likely N-dealkylation sites (N-methyl/N-ethyl adjacent to an activating group) is 1. The summed E-state index contributed by atoms with van der Waals surface area (Å²) in [6, 6.07) is 6.04. The highest BCUT2D eigenvalue weighted by molar-refractivity contribution is 5.43. The molecule has 0 amide bonds. The van der Waals surface area contributed by atoms with Crippen LogP contribution in [0.5, 0.6) is 11.5 Å². The van der Waals surface area contributed by atoms with Crippen molar-refractivity contribution in [1.29, 1.82) is 0 Å². The van der Waals surface area contributed by atoms with Gasteiger partial charge in [-0.05, 0) is 37.6 Å². The van der Waals surface area contributed by atoms with Crippen LogP contribution in [0.4, 0.5) is 0 Å². The topological polar surface area (TPSA) is 49.0 Å². The second-order valence-electron chi connectivity index (χ2n) is 5.13. The SMILES string of the molecule is CNC(COCC1CCCO1)c1ccc(OC)c(OC)c1. The summed E-state index contributed by atoms with van der Waals surface area (Å²) in [5.41, 5.74) is 1.11. The molecule has 1 N–H and O–H groups in total. The lowest BCUT2D eigenvalue weighted by atomic mass is 10.1. The molecule has 1 heterocycles. The average molecular weight is 295 g/mol. The fourth-order valence-electron chi connectivity index (χ4n) is 2.51. The molecule has 0 radical (unpaired) electrons. The number of rotatable bonds is 8. The van der Waals surface area contributed by atoms with Crippen LogP contribution in [0.1, 0.15) is 24.4 Å². The van der Waals surface area contributed by atoms with Crippen molar-refractivity contribution in [3.8, 4) is 11.5 Å². The minimum Gasteiger partial charge on any atom is -0.493 e. The first kappa shape index (κ1) is 16.1. The molecule has 1 aliphatic rings. The Morgan fingerprint density at radius 1 is 1.29 bits per heavy atom. The van der Waals surface area contributed by atoms with Crippen molar-refractivity contribution in [3.63, 3.8) is 0 Å². The molecule has 1 aromatic rings. The molecule has 118 valence electrons. The van der Waals surface area contributed by atoms with Crippen LogP contribution in [0.2, 0.25) is 0 Å². The van der Waals surface area contributed by atoms with Crippen molar-refractivity contribution >= 4 is 0 Å². The summed E-state index contributed by atoms with van der Waals surface area (Å²) in [5, 5.41) is 3.27. The fourth-order valence-corrected chi connectivity index (χ4v) is 2.51. The van der Waals surface area contributed by atoms with Crippen molar-refractivity contribution in [1.82, 2.24) is 5.32 Å². The highest BCUT2D eigenvalue weighted by atomic mass is 16.5. The molecule has 5 heteroatoms. The maximum absolute atomic E-state index is 5.80. The summed E-state index contributed by atoms with van der Waals surface area (Å²) in [5.74, 6) is 1.46. The van der Waals surface area contributed by atoms with E-state index in [1.807, 2.05) is 25.2 Å². The van der Waals surface area contributed by atoms with Gasteiger partial charge in [0, 0.05) is 6.61 Å². The molecule has 2 unspecified atom stereocenters. The van der Waals surface area contributed by atoms with Gasteiger partial charge >= 0.3 is 0 Å². The molecule has 0 bridgehead atoms. The third kappa shape index (κ3) is 4.33. The summed E-state index contributed by atoms with van der Waals surface area (Å²) < 4.78 is 22.0. The summed E-state index contributed by atoms with van der Waals surface area (Å²) in [7, 11) is 5.21. The number of ether oxygens (including phenoxy) is 4. The molecule has 0 saturated carbocycles. The standard InChI is InChI=1S/C16H25NO4/c1-17-14(11-20-10-13-5-4-8-21-13)12-6-7-15(18-2)16(9-12)19-3/h6-7,9,13-14,17H,4-5,8,10-11H2,1-3H3. The predicted molar refractivity (Wildman–Crippen MR) is 81.1 cm³/mol. The number of nitrogens with one attached hydrogen (secondary N) is 1. The first-order valence-corrected chi connectivity index (χ1v) is 7.37. The lowest BCUT2D eigenvalue weighted by Gasteiger charge is -2.19. The van der Waals surface area contributed by atoms with E-state index in [-0.39, 0.29) is 12.1 Å². The zero-order chi connectivity index (χ0) is 15.1. The van der Waals surface area contributed by atoms with Crippen LogP contribution in [-0.2, 0) is 9.47 Å². The van der Waals surface area contributed by atoms with Crippen LogP contribution in [0, 0.1) is 0 Å². The lowest BCUT2D eigenvalue weighted by Crippen LogP contribution is -2.24. The Morgan fingerprint density at radius 2 is 2.10 bits per heavy atom. The van der Waals surface area contributed by atoms with Gasteiger partial charge in [-0.2, -0.15) is 0 Å². The lowest BCUT2D eigenvalue weighted by molar-refractivity contribution is 0.0105. The van der Waals surface area contributed by atoms with E-state index in [0.29, 0.717) is 13.2 Å². The zero-order valence-corrected chi connectivity index (χ0v) is 13.1. The molecule has 0 aromatic heterocycles. The molecule has 2 rings (SSSR count). The monoisotopic (exact) mass is 295 g/mol. The second kappa shape index (κ2) is 8.22. The Balaban J connectivity index is 1.92. The summed E-state index contributed by atoms with van der Waals surface area (Å²) in [4.78, 5) is 0. The van der Waals surface area contributed by atoms with Gasteiger partial charge in [-0.15, -0.1) is 0 Å². The average Bonchev–Trinajstić information content (AvgIpc) is 3.04. The van der Waals surface area contributed by atoms with E-state index >= 15 is 0 Å². The quantitative estimate of drug-likeness (QED) is 0.796. The van der Waals surface area contributed by atoms with Gasteiger partial charge in [-0.25, -0.2) is 0 Å².